The van der Waals surface area contributed by atoms with Gasteiger partial charge in [0.2, 0.25) is 5.91 Å². The molecule has 2 N–H and O–H groups in total. The smallest absolute Gasteiger partial charge is 0.328 e. The van der Waals surface area contributed by atoms with Crippen molar-refractivity contribution >= 4 is 57.0 Å². The van der Waals surface area contributed by atoms with Crippen LogP contribution in [0.4, 0.5) is 0 Å². The number of hydrogen-bond donors (Lipinski definition) is 2. The van der Waals surface area contributed by atoms with Gasteiger partial charge in [0.1, 0.15) is 6.04 Å². The number of nitrogens with one attached hydrogen (secondary N) is 2. The van der Waals surface area contributed by atoms with Gasteiger partial charge in [-0.2, -0.15) is 0 Å². The van der Waals surface area contributed by atoms with E-state index in [0.29, 0.717) is 11.4 Å². The first-order valence-electron chi connectivity index (χ1n) is 9.64. The van der Waals surface area contributed by atoms with Gasteiger partial charge in [-0.05, 0) is 29.8 Å². The van der Waals surface area contributed by atoms with Crippen molar-refractivity contribution in [3.8, 4) is 0 Å². The van der Waals surface area contributed by atoms with Gasteiger partial charge in [-0.25, -0.2) is 4.79 Å². The molecule has 0 radical (unpaired) electrons. The monoisotopic (exact) mass is 453 g/mol. The molecule has 0 spiro atoms. The van der Waals surface area contributed by atoms with Crippen LogP contribution in [-0.4, -0.2) is 40.7 Å². The minimum absolute atomic E-state index is 0.156. The van der Waals surface area contributed by atoms with Crippen LogP contribution in [0.2, 0.25) is 5.02 Å². The van der Waals surface area contributed by atoms with Gasteiger partial charge in [-0.1, -0.05) is 35.9 Å². The number of fused-ring (bicyclic) bond motifs is 2. The van der Waals surface area contributed by atoms with Crippen molar-refractivity contribution in [2.24, 2.45) is 0 Å². The summed E-state index contributed by atoms with van der Waals surface area (Å²) in [6.07, 6.45) is 3.88. The number of aromatic amines is 1. The van der Waals surface area contributed by atoms with Gasteiger partial charge in [-0.15, -0.1) is 11.8 Å². The summed E-state index contributed by atoms with van der Waals surface area (Å²) >= 11 is 7.42. The third-order valence-electron chi connectivity index (χ3n) is 4.94. The fourth-order valence-electron chi connectivity index (χ4n) is 3.46. The van der Waals surface area contributed by atoms with E-state index in [4.69, 9.17) is 16.3 Å². The Bertz CT molecular complexity index is 1260. The van der Waals surface area contributed by atoms with Crippen LogP contribution in [0.15, 0.2) is 65.8 Å². The third-order valence-corrected chi connectivity index (χ3v) is 6.25. The minimum Gasteiger partial charge on any atom is -0.467 e. The number of nitrogens with zero attached hydrogens (tertiary/aromatic N) is 1. The zero-order valence-electron chi connectivity index (χ0n) is 16.7. The molecule has 0 aliphatic carbocycles. The molecule has 2 aromatic heterocycles. The number of hydrogen-bond acceptors (Lipinski definition) is 5. The number of methoxy groups -OCH3 is 1. The van der Waals surface area contributed by atoms with Crippen molar-refractivity contribution in [3.05, 3.63) is 71.5 Å². The predicted molar refractivity (Wildman–Crippen MR) is 123 cm³/mol. The molecular formula is C23H20ClN3O3S. The lowest BCUT2D eigenvalue weighted by molar-refractivity contribution is -0.144. The second kappa shape index (κ2) is 9.41. The van der Waals surface area contributed by atoms with E-state index in [1.54, 1.807) is 18.3 Å². The van der Waals surface area contributed by atoms with Crippen molar-refractivity contribution < 1.29 is 14.3 Å². The second-order valence-corrected chi connectivity index (χ2v) is 8.42. The highest BCUT2D eigenvalue weighted by Gasteiger charge is 2.23. The molecule has 0 saturated carbocycles. The van der Waals surface area contributed by atoms with E-state index in [2.05, 4.69) is 15.3 Å². The van der Waals surface area contributed by atoms with Crippen molar-refractivity contribution in [1.29, 1.82) is 0 Å². The molecule has 0 bridgehead atoms. The van der Waals surface area contributed by atoms with E-state index in [9.17, 15) is 9.59 Å². The Balaban J connectivity index is 1.45. The van der Waals surface area contributed by atoms with Gasteiger partial charge in [0, 0.05) is 45.0 Å². The maximum absolute atomic E-state index is 12.6. The summed E-state index contributed by atoms with van der Waals surface area (Å²) in [5.74, 6) is -0.574. The standard InChI is InChI=1S/C23H20ClN3O3S/c1-30-23(29)20(10-14-12-26-18-5-3-2-4-16(14)18)27-22(28)13-31-21-8-9-25-19-11-15(24)6-7-17(19)21/h2-9,11-12,20,26H,10,13H2,1H3,(H,27,28)/t20-/m0/s1. The van der Waals surface area contributed by atoms with Gasteiger partial charge >= 0.3 is 5.97 Å². The summed E-state index contributed by atoms with van der Waals surface area (Å²) in [6, 6.07) is 14.4. The van der Waals surface area contributed by atoms with Gasteiger partial charge in [0.05, 0.1) is 18.4 Å². The van der Waals surface area contributed by atoms with Crippen molar-refractivity contribution in [1.82, 2.24) is 15.3 Å². The molecule has 4 rings (SSSR count). The number of carbonyl (C=O) groups excluding carboxylic acids is 2. The van der Waals surface area contributed by atoms with Crippen LogP contribution in [0.3, 0.4) is 0 Å². The highest BCUT2D eigenvalue weighted by atomic mass is 35.5. The molecule has 0 fully saturated rings. The number of thioether (sulfide) groups is 1. The Morgan fingerprint density at radius 3 is 2.87 bits per heavy atom. The second-order valence-electron chi connectivity index (χ2n) is 6.97. The molecule has 0 aliphatic heterocycles. The Labute approximate surface area is 188 Å². The number of para-hydroxylation sites is 1. The zero-order chi connectivity index (χ0) is 21.8. The number of carbonyl (C=O) groups is 2. The molecule has 1 amide bonds. The SMILES string of the molecule is COC(=O)[C@H](Cc1c[nH]c2ccccc12)NC(=O)CSc1ccnc2cc(Cl)ccc12. The molecule has 1 atom stereocenters. The summed E-state index contributed by atoms with van der Waals surface area (Å²) in [7, 11) is 1.32. The fourth-order valence-corrected chi connectivity index (χ4v) is 4.48. The van der Waals surface area contributed by atoms with Gasteiger partial charge in [-0.3, -0.25) is 9.78 Å². The Kier molecular flexibility index (Phi) is 6.44. The summed E-state index contributed by atoms with van der Waals surface area (Å²) < 4.78 is 4.91. The predicted octanol–water partition coefficient (Wildman–Crippen LogP) is 4.36. The van der Waals surface area contributed by atoms with E-state index in [1.807, 2.05) is 42.6 Å². The van der Waals surface area contributed by atoms with Crippen LogP contribution in [0.5, 0.6) is 0 Å². The van der Waals surface area contributed by atoms with E-state index in [1.165, 1.54) is 18.9 Å². The molecule has 0 unspecified atom stereocenters. The lowest BCUT2D eigenvalue weighted by Gasteiger charge is -2.16. The summed E-state index contributed by atoms with van der Waals surface area (Å²) in [5.41, 5.74) is 2.69. The number of ether oxygens (including phenoxy) is 1. The molecular weight excluding hydrogens is 434 g/mol. The molecule has 2 aromatic carbocycles. The molecule has 158 valence electrons. The Hall–Kier alpha value is -3.03. The van der Waals surface area contributed by atoms with Crippen LogP contribution in [0.1, 0.15) is 5.56 Å². The van der Waals surface area contributed by atoms with Gasteiger partial charge in [0.15, 0.2) is 0 Å². The molecule has 0 saturated heterocycles. The topological polar surface area (TPSA) is 84.1 Å². The average Bonchev–Trinajstić information content (AvgIpc) is 3.19. The fraction of sp³-hybridized carbons (Fsp3) is 0.174. The lowest BCUT2D eigenvalue weighted by Crippen LogP contribution is -2.43. The number of esters is 1. The van der Waals surface area contributed by atoms with Gasteiger partial charge < -0.3 is 15.0 Å². The molecule has 2 heterocycles. The first-order valence-corrected chi connectivity index (χ1v) is 11.0. The Morgan fingerprint density at radius 1 is 1.19 bits per heavy atom. The van der Waals surface area contributed by atoms with Crippen molar-refractivity contribution in [2.45, 2.75) is 17.4 Å². The van der Waals surface area contributed by atoms with Crippen molar-refractivity contribution in [2.75, 3.05) is 12.9 Å². The normalized spacial score (nSPS) is 12.1. The number of amides is 1. The van der Waals surface area contributed by atoms with Crippen molar-refractivity contribution in [3.63, 3.8) is 0 Å². The minimum atomic E-state index is -0.773. The zero-order valence-corrected chi connectivity index (χ0v) is 18.3. The number of pyridine rings is 1. The number of aromatic nitrogens is 2. The number of halogens is 1. The Morgan fingerprint density at radius 2 is 2.03 bits per heavy atom. The first-order chi connectivity index (χ1) is 15.0. The largest absolute Gasteiger partial charge is 0.467 e. The van der Waals surface area contributed by atoms with E-state index in [0.717, 1.165) is 32.3 Å². The lowest BCUT2D eigenvalue weighted by atomic mass is 10.0. The maximum Gasteiger partial charge on any atom is 0.328 e. The van der Waals surface area contributed by atoms with Crippen LogP contribution < -0.4 is 5.32 Å². The molecule has 0 aliphatic rings. The molecule has 6 nitrogen and oxygen atoms in total. The summed E-state index contributed by atoms with van der Waals surface area (Å²) in [4.78, 5) is 33.4. The number of H-pyrrole nitrogens is 1. The number of rotatable bonds is 7. The molecule has 4 aromatic rings. The summed E-state index contributed by atoms with van der Waals surface area (Å²) in [6.45, 7) is 0. The van der Waals surface area contributed by atoms with E-state index < -0.39 is 12.0 Å². The number of benzene rings is 2. The maximum atomic E-state index is 12.6. The summed E-state index contributed by atoms with van der Waals surface area (Å²) in [5, 5.41) is 5.36. The highest BCUT2D eigenvalue weighted by molar-refractivity contribution is 8.00. The van der Waals surface area contributed by atoms with Crippen LogP contribution >= 0.6 is 23.4 Å². The first kappa shape index (κ1) is 21.2. The van der Waals surface area contributed by atoms with Gasteiger partial charge in [0.25, 0.3) is 0 Å². The van der Waals surface area contributed by atoms with Crippen LogP contribution in [-0.2, 0) is 20.7 Å². The van der Waals surface area contributed by atoms with Crippen LogP contribution in [0.25, 0.3) is 21.8 Å². The van der Waals surface area contributed by atoms with E-state index >= 15 is 0 Å². The highest BCUT2D eigenvalue weighted by Crippen LogP contribution is 2.28. The third kappa shape index (κ3) is 4.84. The molecule has 8 heteroatoms. The van der Waals surface area contributed by atoms with Crippen LogP contribution in [0, 0.1) is 0 Å². The quantitative estimate of drug-likeness (QED) is 0.321. The average molecular weight is 454 g/mol. The van der Waals surface area contributed by atoms with E-state index in [-0.39, 0.29) is 11.7 Å². The molecule has 31 heavy (non-hydrogen) atoms.